The summed E-state index contributed by atoms with van der Waals surface area (Å²) >= 11 is 1.71. The van der Waals surface area contributed by atoms with Crippen molar-refractivity contribution in [3.05, 3.63) is 34.8 Å². The van der Waals surface area contributed by atoms with Gasteiger partial charge in [-0.3, -0.25) is 9.69 Å². The van der Waals surface area contributed by atoms with E-state index in [-0.39, 0.29) is 5.91 Å². The van der Waals surface area contributed by atoms with Gasteiger partial charge in [-0.1, -0.05) is 6.92 Å². The number of aromatic nitrogens is 1. The molecule has 0 radical (unpaired) electrons. The Labute approximate surface area is 188 Å². The van der Waals surface area contributed by atoms with Crippen LogP contribution in [0.3, 0.4) is 0 Å². The average molecular weight is 445 g/mol. The number of rotatable bonds is 6. The number of carbonyl (C=O) groups excluding carboxylic acids is 1. The Kier molecular flexibility index (Phi) is 6.97. The first kappa shape index (κ1) is 21.9. The van der Waals surface area contributed by atoms with Gasteiger partial charge in [0.15, 0.2) is 5.13 Å². The van der Waals surface area contributed by atoms with E-state index in [4.69, 9.17) is 14.5 Å². The summed E-state index contributed by atoms with van der Waals surface area (Å²) in [5.41, 5.74) is 1.74. The van der Waals surface area contributed by atoms with E-state index in [1.807, 2.05) is 4.90 Å². The molecule has 2 aliphatic heterocycles. The molecule has 0 N–H and O–H groups in total. The Balaban J connectivity index is 1.33. The number of anilines is 1. The van der Waals surface area contributed by atoms with Crippen LogP contribution in [-0.2, 0) is 6.54 Å². The molecule has 2 saturated heterocycles. The maximum atomic E-state index is 13.0. The molecule has 0 spiro atoms. The fourth-order valence-electron chi connectivity index (χ4n) is 4.21. The van der Waals surface area contributed by atoms with E-state index in [0.717, 1.165) is 36.4 Å². The van der Waals surface area contributed by atoms with E-state index < -0.39 is 0 Å². The van der Waals surface area contributed by atoms with E-state index in [2.05, 4.69) is 22.1 Å². The lowest BCUT2D eigenvalue weighted by Crippen LogP contribution is -2.48. The van der Waals surface area contributed by atoms with Crippen LogP contribution >= 0.6 is 11.3 Å². The Bertz CT molecular complexity index is 887. The normalized spacial score (nSPS) is 18.3. The first-order chi connectivity index (χ1) is 15.1. The summed E-state index contributed by atoms with van der Waals surface area (Å²) in [6, 6.07) is 5.33. The molecule has 1 aromatic heterocycles. The van der Waals surface area contributed by atoms with Gasteiger partial charge in [0.1, 0.15) is 11.5 Å². The molecule has 0 saturated carbocycles. The zero-order valence-electron chi connectivity index (χ0n) is 18.7. The third-order valence-corrected chi connectivity index (χ3v) is 7.23. The molecule has 1 amide bonds. The molecule has 3 heterocycles. The molecule has 2 aliphatic rings. The number of amides is 1. The lowest BCUT2D eigenvalue weighted by Gasteiger charge is -2.34. The van der Waals surface area contributed by atoms with Crippen molar-refractivity contribution < 1.29 is 14.3 Å². The monoisotopic (exact) mass is 444 g/mol. The lowest BCUT2D eigenvalue weighted by atomic mass is 9.99. The fourth-order valence-corrected chi connectivity index (χ4v) is 5.08. The molecular formula is C23H32N4O3S. The molecule has 0 bridgehead atoms. The Morgan fingerprint density at radius 3 is 2.52 bits per heavy atom. The number of piperazine rings is 1. The molecule has 31 heavy (non-hydrogen) atoms. The lowest BCUT2D eigenvalue weighted by molar-refractivity contribution is 0.0743. The Morgan fingerprint density at radius 1 is 1.10 bits per heavy atom. The second-order valence-electron chi connectivity index (χ2n) is 8.43. The largest absolute Gasteiger partial charge is 0.497 e. The number of likely N-dealkylation sites (tertiary alicyclic amines) is 1. The maximum Gasteiger partial charge on any atom is 0.257 e. The van der Waals surface area contributed by atoms with Crippen LogP contribution in [-0.4, -0.2) is 74.2 Å². The average Bonchev–Trinajstić information content (AvgIpc) is 3.28. The van der Waals surface area contributed by atoms with E-state index in [1.54, 1.807) is 43.8 Å². The molecule has 168 valence electrons. The number of methoxy groups -OCH3 is 2. The number of ether oxygens (including phenoxy) is 2. The van der Waals surface area contributed by atoms with Gasteiger partial charge in [0, 0.05) is 44.2 Å². The van der Waals surface area contributed by atoms with Gasteiger partial charge in [-0.15, -0.1) is 11.3 Å². The van der Waals surface area contributed by atoms with Crippen LogP contribution in [0.15, 0.2) is 23.6 Å². The number of nitrogens with zero attached hydrogens (tertiary/aromatic N) is 4. The zero-order valence-corrected chi connectivity index (χ0v) is 19.5. The molecule has 2 aromatic rings. The standard InChI is InChI=1S/C23H32N4O3S/c1-17-6-8-25(9-7-17)15-18-16-31-23(24-18)27-12-10-26(11-13-27)22(28)20-5-4-19(29-2)14-21(20)30-3/h4-5,14,16-17H,6-13,15H2,1-3H3. The van der Waals surface area contributed by atoms with Crippen molar-refractivity contribution >= 4 is 22.4 Å². The van der Waals surface area contributed by atoms with Gasteiger partial charge in [-0.2, -0.15) is 0 Å². The summed E-state index contributed by atoms with van der Waals surface area (Å²) in [5.74, 6) is 2.07. The topological polar surface area (TPSA) is 58.1 Å². The van der Waals surface area contributed by atoms with Crippen molar-refractivity contribution in [2.24, 2.45) is 5.92 Å². The van der Waals surface area contributed by atoms with Crippen molar-refractivity contribution in [1.82, 2.24) is 14.8 Å². The smallest absolute Gasteiger partial charge is 0.257 e. The highest BCUT2D eigenvalue weighted by Crippen LogP contribution is 2.28. The molecule has 0 aliphatic carbocycles. The first-order valence-electron chi connectivity index (χ1n) is 11.0. The minimum atomic E-state index is -0.00157. The fraction of sp³-hybridized carbons (Fsp3) is 0.565. The van der Waals surface area contributed by atoms with Gasteiger partial charge < -0.3 is 19.3 Å². The number of hydrogen-bond donors (Lipinski definition) is 0. The summed E-state index contributed by atoms with van der Waals surface area (Å²) in [6.45, 7) is 8.55. The van der Waals surface area contributed by atoms with Gasteiger partial charge in [-0.05, 0) is 44.0 Å². The Hall–Kier alpha value is -2.32. The summed E-state index contributed by atoms with van der Waals surface area (Å²) in [7, 11) is 3.18. The highest BCUT2D eigenvalue weighted by Gasteiger charge is 2.26. The van der Waals surface area contributed by atoms with Crippen LogP contribution in [0.5, 0.6) is 11.5 Å². The number of hydrogen-bond acceptors (Lipinski definition) is 7. The van der Waals surface area contributed by atoms with Gasteiger partial charge >= 0.3 is 0 Å². The van der Waals surface area contributed by atoms with Crippen LogP contribution in [0.25, 0.3) is 0 Å². The maximum absolute atomic E-state index is 13.0. The molecule has 7 nitrogen and oxygen atoms in total. The van der Waals surface area contributed by atoms with Crippen molar-refractivity contribution in [3.63, 3.8) is 0 Å². The van der Waals surface area contributed by atoms with Gasteiger partial charge in [0.05, 0.1) is 25.5 Å². The summed E-state index contributed by atoms with van der Waals surface area (Å²) in [5, 5.41) is 3.25. The summed E-state index contributed by atoms with van der Waals surface area (Å²) < 4.78 is 10.6. The minimum Gasteiger partial charge on any atom is -0.497 e. The predicted octanol–water partition coefficient (Wildman–Crippen LogP) is 3.35. The van der Waals surface area contributed by atoms with Gasteiger partial charge in [0.2, 0.25) is 0 Å². The van der Waals surface area contributed by atoms with Crippen LogP contribution in [0, 0.1) is 5.92 Å². The second-order valence-corrected chi connectivity index (χ2v) is 9.26. The van der Waals surface area contributed by atoms with Gasteiger partial charge in [-0.25, -0.2) is 4.98 Å². The number of benzene rings is 1. The van der Waals surface area contributed by atoms with E-state index in [0.29, 0.717) is 30.2 Å². The quantitative estimate of drug-likeness (QED) is 0.681. The first-order valence-corrected chi connectivity index (χ1v) is 11.9. The Morgan fingerprint density at radius 2 is 1.84 bits per heavy atom. The molecular weight excluding hydrogens is 412 g/mol. The SMILES string of the molecule is COc1ccc(C(=O)N2CCN(c3nc(CN4CCC(C)CC4)cs3)CC2)c(OC)c1. The molecule has 1 aromatic carbocycles. The van der Waals surface area contributed by atoms with Crippen LogP contribution in [0.2, 0.25) is 0 Å². The predicted molar refractivity (Wildman–Crippen MR) is 123 cm³/mol. The molecule has 0 atom stereocenters. The molecule has 8 heteroatoms. The molecule has 4 rings (SSSR count). The highest BCUT2D eigenvalue weighted by atomic mass is 32.1. The van der Waals surface area contributed by atoms with Crippen molar-refractivity contribution in [3.8, 4) is 11.5 Å². The van der Waals surface area contributed by atoms with E-state index in [1.165, 1.54) is 25.9 Å². The third-order valence-electron chi connectivity index (χ3n) is 6.28. The van der Waals surface area contributed by atoms with Crippen molar-refractivity contribution in [1.29, 1.82) is 0 Å². The van der Waals surface area contributed by atoms with Crippen LogP contribution < -0.4 is 14.4 Å². The molecule has 2 fully saturated rings. The van der Waals surface area contributed by atoms with Crippen LogP contribution in [0.1, 0.15) is 35.8 Å². The van der Waals surface area contributed by atoms with Crippen LogP contribution in [0.4, 0.5) is 5.13 Å². The highest BCUT2D eigenvalue weighted by molar-refractivity contribution is 7.13. The summed E-state index contributed by atoms with van der Waals surface area (Å²) in [6.07, 6.45) is 2.57. The third kappa shape index (κ3) is 5.13. The van der Waals surface area contributed by atoms with Crippen molar-refractivity contribution in [2.45, 2.75) is 26.3 Å². The van der Waals surface area contributed by atoms with Crippen molar-refractivity contribution in [2.75, 3.05) is 58.4 Å². The van der Waals surface area contributed by atoms with Gasteiger partial charge in [0.25, 0.3) is 5.91 Å². The number of thiazole rings is 1. The second kappa shape index (κ2) is 9.87. The number of carbonyl (C=O) groups is 1. The van der Waals surface area contributed by atoms with E-state index in [9.17, 15) is 4.79 Å². The molecule has 0 unspecified atom stereocenters. The number of piperidine rings is 1. The van der Waals surface area contributed by atoms with E-state index >= 15 is 0 Å². The zero-order chi connectivity index (χ0) is 21.8. The summed E-state index contributed by atoms with van der Waals surface area (Å²) in [4.78, 5) is 24.6. The minimum absolute atomic E-state index is 0.00157.